The Hall–Kier alpha value is -3.52. The van der Waals surface area contributed by atoms with Crippen LogP contribution in [-0.4, -0.2) is 27.1 Å². The van der Waals surface area contributed by atoms with Crippen LogP contribution in [0.2, 0.25) is 0 Å². The van der Waals surface area contributed by atoms with Gasteiger partial charge < -0.3 is 4.98 Å². The van der Waals surface area contributed by atoms with Gasteiger partial charge in [-0.2, -0.15) is 5.26 Å². The molecular formula is C21H18N5+. The molecule has 4 rings (SSSR count). The molecule has 3 aromatic rings. The number of hydrogen-bond donors (Lipinski definition) is 1. The highest BCUT2D eigenvalue weighted by atomic mass is 15.4. The third kappa shape index (κ3) is 2.93. The molecule has 0 unspecified atom stereocenters. The Balaban J connectivity index is 1.64. The van der Waals surface area contributed by atoms with E-state index in [0.717, 1.165) is 16.7 Å². The summed E-state index contributed by atoms with van der Waals surface area (Å²) in [5.41, 5.74) is 5.78. The smallest absolute Gasteiger partial charge is 0.238 e. The molecule has 0 saturated carbocycles. The summed E-state index contributed by atoms with van der Waals surface area (Å²) < 4.78 is 1.85. The van der Waals surface area contributed by atoms with E-state index in [0.29, 0.717) is 11.4 Å². The van der Waals surface area contributed by atoms with Gasteiger partial charge in [0.2, 0.25) is 5.69 Å². The number of para-hydroxylation sites is 2. The van der Waals surface area contributed by atoms with E-state index in [2.05, 4.69) is 47.1 Å². The molecule has 5 heteroatoms. The van der Waals surface area contributed by atoms with Crippen LogP contribution in [0.25, 0.3) is 16.6 Å². The molecule has 0 spiro atoms. The zero-order valence-corrected chi connectivity index (χ0v) is 14.6. The highest BCUT2D eigenvalue weighted by molar-refractivity contribution is 5.91. The molecule has 126 valence electrons. The summed E-state index contributed by atoms with van der Waals surface area (Å²) in [7, 11) is 0. The lowest BCUT2D eigenvalue weighted by Gasteiger charge is -1.98. The molecule has 0 fully saturated rings. The molecule has 0 saturated heterocycles. The van der Waals surface area contributed by atoms with Crippen LogP contribution in [0.1, 0.15) is 17.0 Å². The minimum absolute atomic E-state index is 0.0560. The summed E-state index contributed by atoms with van der Waals surface area (Å²) in [5, 5.41) is 14.0. The maximum Gasteiger partial charge on any atom is 0.238 e. The van der Waals surface area contributed by atoms with Gasteiger partial charge in [0.1, 0.15) is 17.8 Å². The van der Waals surface area contributed by atoms with Gasteiger partial charge in [-0.1, -0.05) is 22.9 Å². The Morgan fingerprint density at radius 1 is 1.19 bits per heavy atom. The number of rotatable bonds is 3. The zero-order valence-electron chi connectivity index (χ0n) is 14.6. The van der Waals surface area contributed by atoms with E-state index in [1.54, 1.807) is 0 Å². The molecule has 26 heavy (non-hydrogen) atoms. The second kappa shape index (κ2) is 6.41. The van der Waals surface area contributed by atoms with Gasteiger partial charge in [-0.15, -0.1) is 0 Å². The van der Waals surface area contributed by atoms with Gasteiger partial charge in [-0.25, -0.2) is 4.98 Å². The third-order valence-electron chi connectivity index (χ3n) is 4.56. The molecular weight excluding hydrogens is 322 g/mol. The van der Waals surface area contributed by atoms with E-state index in [4.69, 9.17) is 0 Å². The minimum atomic E-state index is -0.0560. The summed E-state index contributed by atoms with van der Waals surface area (Å²) in [6.45, 7) is 4.18. The third-order valence-corrected chi connectivity index (χ3v) is 4.56. The number of hydrazone groups is 1. The van der Waals surface area contributed by atoms with Crippen LogP contribution >= 0.6 is 0 Å². The Kier molecular flexibility index (Phi) is 3.94. The highest BCUT2D eigenvalue weighted by Crippen LogP contribution is 2.21. The number of aryl methyl sites for hydroxylation is 2. The number of benzene rings is 2. The summed E-state index contributed by atoms with van der Waals surface area (Å²) in [6.07, 6.45) is 5.70. The molecule has 1 atom stereocenters. The van der Waals surface area contributed by atoms with Crippen LogP contribution < -0.4 is 0 Å². The second-order valence-corrected chi connectivity index (χ2v) is 6.40. The van der Waals surface area contributed by atoms with E-state index in [1.807, 2.05) is 53.5 Å². The first-order valence-electron chi connectivity index (χ1n) is 8.46. The van der Waals surface area contributed by atoms with Crippen molar-refractivity contribution in [2.75, 3.05) is 0 Å². The van der Waals surface area contributed by atoms with E-state index in [9.17, 15) is 5.26 Å². The highest BCUT2D eigenvalue weighted by Gasteiger charge is 2.21. The van der Waals surface area contributed by atoms with Crippen molar-refractivity contribution in [3.05, 3.63) is 65.5 Å². The van der Waals surface area contributed by atoms with Crippen molar-refractivity contribution in [1.29, 1.82) is 5.26 Å². The first kappa shape index (κ1) is 16.0. The lowest BCUT2D eigenvalue weighted by atomic mass is 10.1. The van der Waals surface area contributed by atoms with Gasteiger partial charge in [-0.05, 0) is 48.3 Å². The number of aromatic nitrogens is 2. The Labute approximate surface area is 151 Å². The average molecular weight is 340 g/mol. The number of allylic oxidation sites excluding steroid dienone is 2. The van der Waals surface area contributed by atoms with Crippen LogP contribution in [0.15, 0.2) is 53.6 Å². The fraction of sp³-hybridized carbons (Fsp3) is 0.143. The van der Waals surface area contributed by atoms with Crippen molar-refractivity contribution in [1.82, 2.24) is 9.97 Å². The quantitative estimate of drug-likeness (QED) is 0.576. The van der Waals surface area contributed by atoms with Gasteiger partial charge in [0.25, 0.3) is 0 Å². The average Bonchev–Trinajstić information content (AvgIpc) is 3.28. The van der Waals surface area contributed by atoms with Crippen LogP contribution in [0, 0.1) is 31.1 Å². The summed E-state index contributed by atoms with van der Waals surface area (Å²) in [6, 6.07) is 16.2. The maximum atomic E-state index is 9.56. The number of aromatic amines is 1. The first-order valence-corrected chi connectivity index (χ1v) is 8.46. The monoisotopic (exact) mass is 340 g/mol. The van der Waals surface area contributed by atoms with Crippen molar-refractivity contribution in [3.63, 3.8) is 0 Å². The lowest BCUT2D eigenvalue weighted by Crippen LogP contribution is -2.01. The van der Waals surface area contributed by atoms with Gasteiger partial charge in [0.15, 0.2) is 6.21 Å². The summed E-state index contributed by atoms with van der Waals surface area (Å²) in [5.74, 6) is 0.527. The van der Waals surface area contributed by atoms with Gasteiger partial charge in [0, 0.05) is 12.1 Å². The molecule has 0 bridgehead atoms. The number of nitriles is 1. The van der Waals surface area contributed by atoms with Gasteiger partial charge in [-0.3, -0.25) is 0 Å². The molecule has 2 heterocycles. The number of imidazole rings is 1. The number of fused-ring (bicyclic) bond motifs is 1. The first-order chi connectivity index (χ1) is 12.6. The van der Waals surface area contributed by atoms with Crippen molar-refractivity contribution in [3.8, 4) is 6.07 Å². The van der Waals surface area contributed by atoms with Crippen LogP contribution in [-0.2, 0) is 0 Å². The van der Waals surface area contributed by atoms with Crippen LogP contribution in [0.3, 0.4) is 0 Å². The molecule has 0 radical (unpaired) electrons. The van der Waals surface area contributed by atoms with Crippen LogP contribution in [0.5, 0.6) is 0 Å². The SMILES string of the molecule is Cc1ccc([N+]2=C[C@@H](/C=C(/C#N)c3nc4ccccc4[nH]3)C=N2)cc1C. The van der Waals surface area contributed by atoms with Gasteiger partial charge >= 0.3 is 0 Å². The molecule has 1 aliphatic heterocycles. The van der Waals surface area contributed by atoms with E-state index in [1.165, 1.54) is 11.1 Å². The molecule has 1 aromatic heterocycles. The van der Waals surface area contributed by atoms with E-state index >= 15 is 0 Å². The largest absolute Gasteiger partial charge is 0.337 e. The molecule has 0 amide bonds. The Bertz CT molecular complexity index is 1090. The number of hydrogen-bond acceptors (Lipinski definition) is 3. The molecule has 1 N–H and O–H groups in total. The summed E-state index contributed by atoms with van der Waals surface area (Å²) in [4.78, 5) is 7.71. The van der Waals surface area contributed by atoms with Crippen molar-refractivity contribution in [2.45, 2.75) is 13.8 Å². The number of H-pyrrole nitrogens is 1. The molecule has 0 aliphatic carbocycles. The predicted octanol–water partition coefficient (Wildman–Crippen LogP) is 4.12. The van der Waals surface area contributed by atoms with Crippen molar-refractivity contribution >= 4 is 34.7 Å². The molecule has 1 aliphatic rings. The Morgan fingerprint density at radius 3 is 2.81 bits per heavy atom. The topological polar surface area (TPSA) is 67.8 Å². The minimum Gasteiger partial charge on any atom is -0.337 e. The molecule has 5 nitrogen and oxygen atoms in total. The van der Waals surface area contributed by atoms with Crippen molar-refractivity contribution in [2.24, 2.45) is 11.0 Å². The normalized spacial score (nSPS) is 16.7. The van der Waals surface area contributed by atoms with Gasteiger partial charge in [0.05, 0.1) is 22.8 Å². The Morgan fingerprint density at radius 2 is 2.04 bits per heavy atom. The lowest BCUT2D eigenvalue weighted by molar-refractivity contribution is -0.437. The zero-order chi connectivity index (χ0) is 18.1. The number of nitrogens with zero attached hydrogens (tertiary/aromatic N) is 4. The maximum absolute atomic E-state index is 9.56. The fourth-order valence-electron chi connectivity index (χ4n) is 2.94. The predicted molar refractivity (Wildman–Crippen MR) is 104 cm³/mol. The fourth-order valence-corrected chi connectivity index (χ4v) is 2.94. The van der Waals surface area contributed by atoms with Crippen molar-refractivity contribution < 1.29 is 4.68 Å². The molecule has 2 aromatic carbocycles. The van der Waals surface area contributed by atoms with E-state index in [-0.39, 0.29) is 5.92 Å². The number of nitrogens with one attached hydrogen (secondary N) is 1. The summed E-state index contributed by atoms with van der Waals surface area (Å²) >= 11 is 0. The second-order valence-electron chi connectivity index (χ2n) is 6.40. The van der Waals surface area contributed by atoms with Crippen LogP contribution in [0.4, 0.5) is 5.69 Å². The van der Waals surface area contributed by atoms with E-state index < -0.39 is 0 Å². The standard InChI is InChI=1S/C21H18N5/c1-14-7-8-18(9-15(14)2)26-13-16(12-23-26)10-17(11-22)21-24-19-5-3-4-6-20(19)25-21/h3-10,12-13,16H,1-2H3,(H,24,25)/q+1/b17-10-/t16-/m0/s1.